The number of rotatable bonds is 6. The summed E-state index contributed by atoms with van der Waals surface area (Å²) in [6.45, 7) is 8.33. The normalized spacial score (nSPS) is 30.2. The predicted molar refractivity (Wildman–Crippen MR) is 65.3 cm³/mol. The summed E-state index contributed by atoms with van der Waals surface area (Å²) in [5.74, 6) is 0.544. The molecule has 3 atom stereocenters. The number of aldehydes is 1. The molecule has 0 bridgehead atoms. The molecule has 94 valence electrons. The summed E-state index contributed by atoms with van der Waals surface area (Å²) in [5, 5.41) is 9.38. The van der Waals surface area contributed by atoms with E-state index in [0.29, 0.717) is 5.92 Å². The number of carbonyl (C=O) groups excluding carboxylic acids is 1. The number of hydrogen-bond donors (Lipinski definition) is 1. The molecular formula is C13H25NO2. The molecule has 3 unspecified atom stereocenters. The lowest BCUT2D eigenvalue weighted by atomic mass is 9.86. The zero-order valence-corrected chi connectivity index (χ0v) is 10.8. The second-order valence-electron chi connectivity index (χ2n) is 5.51. The summed E-state index contributed by atoms with van der Waals surface area (Å²) in [7, 11) is 0. The molecule has 0 aromatic heterocycles. The average molecular weight is 227 g/mol. The maximum Gasteiger partial charge on any atom is 0.127 e. The van der Waals surface area contributed by atoms with Crippen molar-refractivity contribution in [1.82, 2.24) is 4.90 Å². The standard InChI is InChI=1S/C13H25NO2/c1-4-6-13(3,10-16)9-14-7-5-11(2)12(14)8-15/h10-12,15H,4-9H2,1-3H3. The summed E-state index contributed by atoms with van der Waals surface area (Å²) in [6.07, 6.45) is 4.18. The number of carbonyl (C=O) groups is 1. The monoisotopic (exact) mass is 227 g/mol. The molecule has 16 heavy (non-hydrogen) atoms. The Morgan fingerprint density at radius 3 is 2.75 bits per heavy atom. The Morgan fingerprint density at radius 1 is 1.56 bits per heavy atom. The Hall–Kier alpha value is -0.410. The predicted octanol–water partition coefficient (Wildman–Crippen LogP) is 1.69. The highest BCUT2D eigenvalue weighted by molar-refractivity contribution is 5.59. The Bertz CT molecular complexity index is 232. The van der Waals surface area contributed by atoms with Crippen LogP contribution in [0.3, 0.4) is 0 Å². The molecule has 1 aliphatic rings. The number of nitrogens with zero attached hydrogens (tertiary/aromatic N) is 1. The van der Waals surface area contributed by atoms with Gasteiger partial charge >= 0.3 is 0 Å². The number of likely N-dealkylation sites (tertiary alicyclic amines) is 1. The van der Waals surface area contributed by atoms with Gasteiger partial charge in [0.2, 0.25) is 0 Å². The fourth-order valence-corrected chi connectivity index (χ4v) is 2.79. The molecule has 3 heteroatoms. The van der Waals surface area contributed by atoms with Gasteiger partial charge in [0, 0.05) is 18.0 Å². The molecule has 0 radical (unpaired) electrons. The Balaban J connectivity index is 2.61. The van der Waals surface area contributed by atoms with Crippen molar-refractivity contribution in [2.45, 2.75) is 46.1 Å². The lowest BCUT2D eigenvalue weighted by molar-refractivity contribution is -0.117. The van der Waals surface area contributed by atoms with Crippen LogP contribution < -0.4 is 0 Å². The van der Waals surface area contributed by atoms with E-state index in [4.69, 9.17) is 0 Å². The van der Waals surface area contributed by atoms with Gasteiger partial charge in [-0.3, -0.25) is 4.90 Å². The van der Waals surface area contributed by atoms with E-state index in [0.717, 1.165) is 38.6 Å². The van der Waals surface area contributed by atoms with Crippen LogP contribution in [0.1, 0.15) is 40.0 Å². The fourth-order valence-electron chi connectivity index (χ4n) is 2.79. The Morgan fingerprint density at radius 2 is 2.25 bits per heavy atom. The number of aliphatic hydroxyl groups is 1. The van der Waals surface area contributed by atoms with Crippen LogP contribution in [0.4, 0.5) is 0 Å². The smallest absolute Gasteiger partial charge is 0.127 e. The van der Waals surface area contributed by atoms with Gasteiger partial charge in [-0.05, 0) is 25.3 Å². The highest BCUT2D eigenvalue weighted by atomic mass is 16.3. The molecular weight excluding hydrogens is 202 g/mol. The molecule has 1 aliphatic heterocycles. The minimum atomic E-state index is -0.244. The SMILES string of the molecule is CCCC(C)(C=O)CN1CCC(C)C1CO. The summed E-state index contributed by atoms with van der Waals surface area (Å²) < 4.78 is 0. The van der Waals surface area contributed by atoms with Crippen LogP contribution in [-0.2, 0) is 4.79 Å². The van der Waals surface area contributed by atoms with E-state index in [1.807, 2.05) is 6.92 Å². The zero-order valence-electron chi connectivity index (χ0n) is 10.8. The first kappa shape index (κ1) is 13.7. The molecule has 0 spiro atoms. The van der Waals surface area contributed by atoms with Crippen molar-refractivity contribution >= 4 is 6.29 Å². The second kappa shape index (κ2) is 5.78. The molecule has 1 heterocycles. The van der Waals surface area contributed by atoms with Gasteiger partial charge in [0.15, 0.2) is 0 Å². The lowest BCUT2D eigenvalue weighted by Gasteiger charge is -2.32. The number of hydrogen-bond acceptors (Lipinski definition) is 3. The van der Waals surface area contributed by atoms with Crippen molar-refractivity contribution in [3.63, 3.8) is 0 Å². The van der Waals surface area contributed by atoms with Crippen LogP contribution in [0.5, 0.6) is 0 Å². The molecule has 3 nitrogen and oxygen atoms in total. The lowest BCUT2D eigenvalue weighted by Crippen LogP contribution is -2.42. The first-order valence-corrected chi connectivity index (χ1v) is 6.37. The third-order valence-electron chi connectivity index (χ3n) is 3.85. The van der Waals surface area contributed by atoms with Crippen LogP contribution in [-0.4, -0.2) is 42.0 Å². The molecule has 1 rings (SSSR count). The minimum Gasteiger partial charge on any atom is -0.395 e. The van der Waals surface area contributed by atoms with Gasteiger partial charge in [-0.25, -0.2) is 0 Å². The summed E-state index contributed by atoms with van der Waals surface area (Å²) in [4.78, 5) is 13.5. The van der Waals surface area contributed by atoms with E-state index in [1.165, 1.54) is 0 Å². The van der Waals surface area contributed by atoms with Crippen LogP contribution in [0.15, 0.2) is 0 Å². The van der Waals surface area contributed by atoms with Crippen LogP contribution in [0.25, 0.3) is 0 Å². The highest BCUT2D eigenvalue weighted by Crippen LogP contribution is 2.29. The summed E-state index contributed by atoms with van der Waals surface area (Å²) in [5.41, 5.74) is -0.244. The topological polar surface area (TPSA) is 40.5 Å². The van der Waals surface area contributed by atoms with E-state index in [2.05, 4.69) is 18.7 Å². The zero-order chi connectivity index (χ0) is 12.2. The van der Waals surface area contributed by atoms with Crippen molar-refractivity contribution in [2.75, 3.05) is 19.7 Å². The summed E-state index contributed by atoms with van der Waals surface area (Å²) in [6, 6.07) is 0.246. The molecule has 0 aromatic carbocycles. The van der Waals surface area contributed by atoms with Crippen LogP contribution in [0.2, 0.25) is 0 Å². The number of aliphatic hydroxyl groups excluding tert-OH is 1. The van der Waals surface area contributed by atoms with Gasteiger partial charge < -0.3 is 9.90 Å². The van der Waals surface area contributed by atoms with Crippen molar-refractivity contribution in [3.8, 4) is 0 Å². The van der Waals surface area contributed by atoms with E-state index in [1.54, 1.807) is 0 Å². The average Bonchev–Trinajstić information content (AvgIpc) is 2.59. The highest BCUT2D eigenvalue weighted by Gasteiger charge is 2.35. The molecule has 0 aromatic rings. The minimum absolute atomic E-state index is 0.211. The van der Waals surface area contributed by atoms with Gasteiger partial charge in [-0.1, -0.05) is 27.2 Å². The van der Waals surface area contributed by atoms with Gasteiger partial charge in [0.05, 0.1) is 6.61 Å². The molecule has 0 saturated carbocycles. The van der Waals surface area contributed by atoms with Gasteiger partial charge in [0.1, 0.15) is 6.29 Å². The fraction of sp³-hybridized carbons (Fsp3) is 0.923. The Kier molecular flexibility index (Phi) is 4.93. The van der Waals surface area contributed by atoms with Gasteiger partial charge in [-0.15, -0.1) is 0 Å². The third kappa shape index (κ3) is 3.05. The molecule has 0 aliphatic carbocycles. The molecule has 1 fully saturated rings. The van der Waals surface area contributed by atoms with Gasteiger partial charge in [-0.2, -0.15) is 0 Å². The van der Waals surface area contributed by atoms with Crippen molar-refractivity contribution < 1.29 is 9.90 Å². The van der Waals surface area contributed by atoms with Gasteiger partial charge in [0.25, 0.3) is 0 Å². The molecule has 1 N–H and O–H groups in total. The third-order valence-corrected chi connectivity index (χ3v) is 3.85. The van der Waals surface area contributed by atoms with Crippen LogP contribution in [0, 0.1) is 11.3 Å². The second-order valence-corrected chi connectivity index (χ2v) is 5.51. The van der Waals surface area contributed by atoms with E-state index in [-0.39, 0.29) is 18.1 Å². The molecule has 1 saturated heterocycles. The maximum absolute atomic E-state index is 11.2. The van der Waals surface area contributed by atoms with Crippen molar-refractivity contribution in [1.29, 1.82) is 0 Å². The largest absolute Gasteiger partial charge is 0.395 e. The van der Waals surface area contributed by atoms with Crippen molar-refractivity contribution in [2.24, 2.45) is 11.3 Å². The summed E-state index contributed by atoms with van der Waals surface area (Å²) >= 11 is 0. The Labute approximate surface area is 98.8 Å². The van der Waals surface area contributed by atoms with Crippen molar-refractivity contribution in [3.05, 3.63) is 0 Å². The maximum atomic E-state index is 11.2. The molecule has 0 amide bonds. The van der Waals surface area contributed by atoms with Crippen LogP contribution >= 0.6 is 0 Å². The first-order chi connectivity index (χ1) is 7.56. The van der Waals surface area contributed by atoms with E-state index < -0.39 is 0 Å². The first-order valence-electron chi connectivity index (χ1n) is 6.37. The van der Waals surface area contributed by atoms with E-state index in [9.17, 15) is 9.90 Å². The van der Waals surface area contributed by atoms with E-state index >= 15 is 0 Å². The quantitative estimate of drug-likeness (QED) is 0.702.